The van der Waals surface area contributed by atoms with Gasteiger partial charge in [0.2, 0.25) is 0 Å². The number of benzene rings is 1. The van der Waals surface area contributed by atoms with Gasteiger partial charge in [0, 0.05) is 47.3 Å². The van der Waals surface area contributed by atoms with Crippen LogP contribution in [-0.4, -0.2) is 51.8 Å². The van der Waals surface area contributed by atoms with E-state index in [4.69, 9.17) is 0 Å². The molecule has 1 aliphatic heterocycles. The fourth-order valence-corrected chi connectivity index (χ4v) is 3.83. The van der Waals surface area contributed by atoms with E-state index in [0.29, 0.717) is 28.7 Å². The number of halogens is 1. The van der Waals surface area contributed by atoms with Crippen molar-refractivity contribution in [1.82, 2.24) is 9.80 Å². The summed E-state index contributed by atoms with van der Waals surface area (Å²) in [5.74, 6) is -0.141. The number of nitro groups is 1. The van der Waals surface area contributed by atoms with Crippen LogP contribution in [-0.2, 0) is 0 Å². The lowest BCUT2D eigenvalue weighted by Gasteiger charge is -2.46. The van der Waals surface area contributed by atoms with Gasteiger partial charge in [-0.3, -0.25) is 19.8 Å². The van der Waals surface area contributed by atoms with E-state index in [9.17, 15) is 14.9 Å². The lowest BCUT2D eigenvalue weighted by molar-refractivity contribution is -0.385. The molecule has 1 aromatic carbocycles. The summed E-state index contributed by atoms with van der Waals surface area (Å²) in [6.07, 6.45) is 0. The van der Waals surface area contributed by atoms with Crippen molar-refractivity contribution < 1.29 is 9.72 Å². The van der Waals surface area contributed by atoms with Crippen LogP contribution < -0.4 is 0 Å². The Kier molecular flexibility index (Phi) is 5.34. The molecule has 0 spiro atoms. The maximum atomic E-state index is 12.9. The van der Waals surface area contributed by atoms with Gasteiger partial charge in [0.25, 0.3) is 11.6 Å². The monoisotopic (exact) mass is 397 g/mol. The minimum atomic E-state index is -0.447. The fourth-order valence-electron chi connectivity index (χ4n) is 3.39. The molecule has 132 valence electrons. The minimum Gasteiger partial charge on any atom is -0.336 e. The summed E-state index contributed by atoms with van der Waals surface area (Å²) in [5, 5.41) is 11.2. The Balaban J connectivity index is 2.27. The van der Waals surface area contributed by atoms with Gasteiger partial charge in [-0.1, -0.05) is 15.9 Å². The van der Waals surface area contributed by atoms with Gasteiger partial charge in [-0.25, -0.2) is 0 Å². The normalized spacial score (nSPS) is 19.4. The molecule has 2 rings (SSSR count). The van der Waals surface area contributed by atoms with Gasteiger partial charge in [0.15, 0.2) is 0 Å². The summed E-state index contributed by atoms with van der Waals surface area (Å²) >= 11 is 3.27. The summed E-state index contributed by atoms with van der Waals surface area (Å²) in [4.78, 5) is 27.8. The number of hydrogen-bond acceptors (Lipinski definition) is 4. The highest BCUT2D eigenvalue weighted by molar-refractivity contribution is 9.10. The van der Waals surface area contributed by atoms with Crippen LogP contribution >= 0.6 is 15.9 Å². The van der Waals surface area contributed by atoms with E-state index < -0.39 is 4.92 Å². The average molecular weight is 398 g/mol. The molecule has 1 amide bonds. The first kappa shape index (κ1) is 18.9. The van der Waals surface area contributed by atoms with Gasteiger partial charge in [-0.2, -0.15) is 0 Å². The number of hydrogen-bond donors (Lipinski definition) is 0. The molecule has 0 aliphatic carbocycles. The van der Waals surface area contributed by atoms with Gasteiger partial charge in [-0.15, -0.1) is 0 Å². The molecule has 1 aliphatic rings. The number of nitrogens with zero attached hydrogens (tertiary/aromatic N) is 3. The second-order valence-electron chi connectivity index (χ2n) is 7.32. The van der Waals surface area contributed by atoms with Crippen molar-refractivity contribution in [2.24, 2.45) is 0 Å². The van der Waals surface area contributed by atoms with Crippen LogP contribution in [0.15, 0.2) is 16.6 Å². The molecule has 1 fully saturated rings. The van der Waals surface area contributed by atoms with Crippen molar-refractivity contribution in [3.63, 3.8) is 0 Å². The smallest absolute Gasteiger partial charge is 0.274 e. The third-order valence-electron chi connectivity index (χ3n) is 4.55. The zero-order chi connectivity index (χ0) is 18.2. The quantitative estimate of drug-likeness (QED) is 0.564. The van der Waals surface area contributed by atoms with Crippen molar-refractivity contribution in [3.05, 3.63) is 37.8 Å². The van der Waals surface area contributed by atoms with Gasteiger partial charge in [0.05, 0.1) is 10.5 Å². The molecular weight excluding hydrogens is 374 g/mol. The van der Waals surface area contributed by atoms with E-state index in [-0.39, 0.29) is 23.2 Å². The molecule has 0 bridgehead atoms. The van der Waals surface area contributed by atoms with E-state index in [1.807, 2.05) is 0 Å². The van der Waals surface area contributed by atoms with Gasteiger partial charge >= 0.3 is 0 Å². The highest BCUT2D eigenvalue weighted by Crippen LogP contribution is 2.29. The molecule has 6 nitrogen and oxygen atoms in total. The van der Waals surface area contributed by atoms with E-state index in [1.54, 1.807) is 17.9 Å². The highest BCUT2D eigenvalue weighted by Gasteiger charge is 2.34. The zero-order valence-electron chi connectivity index (χ0n) is 14.8. The predicted octanol–water partition coefficient (Wildman–Crippen LogP) is 3.61. The Bertz CT molecular complexity index is 670. The number of nitro benzene ring substituents is 1. The molecule has 24 heavy (non-hydrogen) atoms. The molecule has 7 heteroatoms. The Morgan fingerprint density at radius 2 is 1.96 bits per heavy atom. The van der Waals surface area contributed by atoms with Gasteiger partial charge in [-0.05, 0) is 40.7 Å². The first-order chi connectivity index (χ1) is 11.0. The SMILES string of the molecule is Cc1c(C(=O)N2CCN(C(C)(C)C)[C@@H](C)C2)cc(Br)cc1[N+](=O)[O-]. The van der Waals surface area contributed by atoms with Crippen LogP contribution in [0.5, 0.6) is 0 Å². The predicted molar refractivity (Wildman–Crippen MR) is 97.4 cm³/mol. The highest BCUT2D eigenvalue weighted by atomic mass is 79.9. The van der Waals surface area contributed by atoms with Gasteiger partial charge < -0.3 is 4.90 Å². The van der Waals surface area contributed by atoms with E-state index in [2.05, 4.69) is 48.5 Å². The van der Waals surface area contributed by atoms with Crippen LogP contribution in [0.25, 0.3) is 0 Å². The number of carbonyl (C=O) groups excluding carboxylic acids is 1. The van der Waals surface area contributed by atoms with Crippen molar-refractivity contribution in [1.29, 1.82) is 0 Å². The minimum absolute atomic E-state index is 0.0332. The third kappa shape index (κ3) is 3.78. The molecule has 0 aromatic heterocycles. The lowest BCUT2D eigenvalue weighted by Crippen LogP contribution is -2.59. The molecule has 0 radical (unpaired) electrons. The second-order valence-corrected chi connectivity index (χ2v) is 8.23. The maximum Gasteiger partial charge on any atom is 0.274 e. The largest absolute Gasteiger partial charge is 0.336 e. The van der Waals surface area contributed by atoms with Crippen LogP contribution in [0.4, 0.5) is 5.69 Å². The summed E-state index contributed by atoms with van der Waals surface area (Å²) < 4.78 is 0.546. The van der Waals surface area contributed by atoms with E-state index >= 15 is 0 Å². The number of carbonyl (C=O) groups is 1. The molecule has 1 atom stereocenters. The summed E-state index contributed by atoms with van der Waals surface area (Å²) in [5.41, 5.74) is 0.833. The Morgan fingerprint density at radius 1 is 1.33 bits per heavy atom. The molecule has 0 N–H and O–H groups in total. The first-order valence-electron chi connectivity index (χ1n) is 8.03. The summed E-state index contributed by atoms with van der Waals surface area (Å²) in [6.45, 7) is 12.3. The Morgan fingerprint density at radius 3 is 2.46 bits per heavy atom. The third-order valence-corrected chi connectivity index (χ3v) is 5.01. The molecular formula is C17H24BrN3O3. The number of piperazine rings is 1. The summed E-state index contributed by atoms with van der Waals surface area (Å²) in [7, 11) is 0. The molecule has 1 heterocycles. The number of rotatable bonds is 2. The molecule has 1 saturated heterocycles. The van der Waals surface area contributed by atoms with E-state index in [1.165, 1.54) is 6.07 Å². The van der Waals surface area contributed by atoms with Crippen LogP contribution in [0.1, 0.15) is 43.6 Å². The molecule has 0 saturated carbocycles. The van der Waals surface area contributed by atoms with Crippen molar-refractivity contribution >= 4 is 27.5 Å². The molecule has 1 aromatic rings. The number of amides is 1. The second kappa shape index (κ2) is 6.80. The average Bonchev–Trinajstić information content (AvgIpc) is 2.46. The lowest BCUT2D eigenvalue weighted by atomic mass is 10.00. The maximum absolute atomic E-state index is 12.9. The standard InChI is InChI=1S/C17H24BrN3O3/c1-11-10-19(6-7-20(11)17(3,4)5)16(22)14-8-13(18)9-15(12(14)2)21(23)24/h8-9,11H,6-7,10H2,1-5H3/t11-/m0/s1. The fraction of sp³-hybridized carbons (Fsp3) is 0.588. The molecule has 0 unspecified atom stereocenters. The zero-order valence-corrected chi connectivity index (χ0v) is 16.4. The first-order valence-corrected chi connectivity index (χ1v) is 8.82. The van der Waals surface area contributed by atoms with E-state index in [0.717, 1.165) is 6.54 Å². The van der Waals surface area contributed by atoms with Crippen molar-refractivity contribution in [2.45, 2.75) is 46.2 Å². The van der Waals surface area contributed by atoms with Crippen molar-refractivity contribution in [2.75, 3.05) is 19.6 Å². The Hall–Kier alpha value is -1.47. The topological polar surface area (TPSA) is 66.7 Å². The summed E-state index contributed by atoms with van der Waals surface area (Å²) in [6, 6.07) is 3.35. The Labute approximate surface area is 151 Å². The van der Waals surface area contributed by atoms with Crippen LogP contribution in [0.2, 0.25) is 0 Å². The van der Waals surface area contributed by atoms with Crippen molar-refractivity contribution in [3.8, 4) is 0 Å². The van der Waals surface area contributed by atoms with Gasteiger partial charge in [0.1, 0.15) is 0 Å². The van der Waals surface area contributed by atoms with Crippen LogP contribution in [0.3, 0.4) is 0 Å². The van der Waals surface area contributed by atoms with Crippen LogP contribution in [0, 0.1) is 17.0 Å².